The average Bonchev–Trinajstić information content (AvgIpc) is 2.76. The predicted molar refractivity (Wildman–Crippen MR) is 62.8 cm³/mol. The number of rotatable bonds is 2. The van der Waals surface area contributed by atoms with Crippen LogP contribution in [0.4, 0.5) is 10.5 Å². The number of amides is 1. The van der Waals surface area contributed by atoms with Crippen LogP contribution in [0.2, 0.25) is 0 Å². The van der Waals surface area contributed by atoms with E-state index < -0.39 is 22.7 Å². The number of carbonyl (C=O) groups is 1. The molecule has 104 valence electrons. The number of nitro groups is 1. The molecular weight excluding hydrogens is 256 g/mol. The maximum absolute atomic E-state index is 10.9. The fourth-order valence-electron chi connectivity index (χ4n) is 2.33. The van der Waals surface area contributed by atoms with Gasteiger partial charge in [0.2, 0.25) is 0 Å². The molecule has 0 aromatic carbocycles. The van der Waals surface area contributed by atoms with E-state index in [1.807, 2.05) is 0 Å². The van der Waals surface area contributed by atoms with Crippen LogP contribution < -0.4 is 0 Å². The molecule has 0 saturated carbocycles. The van der Waals surface area contributed by atoms with Crippen molar-refractivity contribution in [1.29, 1.82) is 0 Å². The van der Waals surface area contributed by atoms with E-state index in [1.54, 1.807) is 0 Å². The monoisotopic (exact) mass is 270 g/mol. The van der Waals surface area contributed by atoms with Gasteiger partial charge in [-0.15, -0.1) is 0 Å². The van der Waals surface area contributed by atoms with Crippen LogP contribution in [-0.4, -0.2) is 54.6 Å². The summed E-state index contributed by atoms with van der Waals surface area (Å²) >= 11 is 0. The minimum atomic E-state index is -1.32. The van der Waals surface area contributed by atoms with Gasteiger partial charge in [0.05, 0.1) is 17.5 Å². The summed E-state index contributed by atoms with van der Waals surface area (Å²) in [5.74, 6) is 0. The molecule has 2 rings (SSSR count). The van der Waals surface area contributed by atoms with Gasteiger partial charge < -0.3 is 15.1 Å². The minimum Gasteiger partial charge on any atom is -0.465 e. The van der Waals surface area contributed by atoms with E-state index in [1.165, 1.54) is 17.8 Å². The van der Waals surface area contributed by atoms with Crippen LogP contribution >= 0.6 is 0 Å². The Morgan fingerprint density at radius 2 is 2.37 bits per heavy atom. The average molecular weight is 270 g/mol. The topological polar surface area (TPSA) is 122 Å². The van der Waals surface area contributed by atoms with Gasteiger partial charge in [0.15, 0.2) is 0 Å². The predicted octanol–water partition coefficient (Wildman–Crippen LogP) is 0.467. The Morgan fingerprint density at radius 1 is 1.68 bits per heavy atom. The number of likely N-dealkylation sites (tertiary alicyclic amines) is 1. The largest absolute Gasteiger partial charge is 0.465 e. The summed E-state index contributed by atoms with van der Waals surface area (Å²) in [5, 5.41) is 33.7. The highest BCUT2D eigenvalue weighted by Gasteiger charge is 2.41. The van der Waals surface area contributed by atoms with E-state index >= 15 is 0 Å². The molecule has 1 saturated heterocycles. The Bertz CT molecular complexity index is 512. The third-order valence-electron chi connectivity index (χ3n) is 3.29. The smallest absolute Gasteiger partial charge is 0.407 e. The molecule has 1 fully saturated rings. The second-order valence-corrected chi connectivity index (χ2v) is 4.80. The Balaban J connectivity index is 2.20. The first kappa shape index (κ1) is 13.3. The molecule has 0 bridgehead atoms. The highest BCUT2D eigenvalue weighted by molar-refractivity contribution is 5.65. The summed E-state index contributed by atoms with van der Waals surface area (Å²) in [6, 6.07) is -0.489. The fraction of sp³-hybridized carbons (Fsp3) is 0.600. The summed E-state index contributed by atoms with van der Waals surface area (Å²) < 4.78 is 1.33. The van der Waals surface area contributed by atoms with E-state index in [-0.39, 0.29) is 18.8 Å². The summed E-state index contributed by atoms with van der Waals surface area (Å²) in [6.07, 6.45) is 1.61. The summed E-state index contributed by atoms with van der Waals surface area (Å²) in [6.45, 7) is 1.70. The number of hydrogen-bond donors (Lipinski definition) is 2. The van der Waals surface area contributed by atoms with Crippen molar-refractivity contribution in [2.45, 2.75) is 25.0 Å². The Kier molecular flexibility index (Phi) is 3.14. The molecule has 1 aromatic heterocycles. The van der Waals surface area contributed by atoms with Crippen molar-refractivity contribution in [3.05, 3.63) is 22.5 Å². The van der Waals surface area contributed by atoms with Crippen LogP contribution in [0.15, 0.2) is 12.4 Å². The molecular formula is C10H14N4O5. The number of piperidine rings is 1. The molecule has 0 spiro atoms. The normalized spacial score (nSPS) is 27.3. The number of hydrogen-bond acceptors (Lipinski definition) is 5. The van der Waals surface area contributed by atoms with E-state index in [2.05, 4.69) is 5.10 Å². The Morgan fingerprint density at radius 3 is 2.84 bits per heavy atom. The zero-order valence-electron chi connectivity index (χ0n) is 10.3. The van der Waals surface area contributed by atoms with Crippen molar-refractivity contribution in [1.82, 2.24) is 14.7 Å². The zero-order valence-corrected chi connectivity index (χ0v) is 10.3. The lowest BCUT2D eigenvalue weighted by Crippen LogP contribution is -2.54. The molecule has 1 aliphatic rings. The molecule has 9 heteroatoms. The number of aromatic nitrogens is 2. The second kappa shape index (κ2) is 4.50. The number of nitrogens with zero attached hydrogens (tertiary/aromatic N) is 4. The van der Waals surface area contributed by atoms with Crippen molar-refractivity contribution in [2.24, 2.45) is 0 Å². The molecule has 1 aliphatic heterocycles. The summed E-state index contributed by atoms with van der Waals surface area (Å²) in [7, 11) is 0. The first-order chi connectivity index (χ1) is 8.81. The van der Waals surface area contributed by atoms with Crippen LogP contribution in [0.3, 0.4) is 0 Å². The third kappa shape index (κ3) is 2.50. The van der Waals surface area contributed by atoms with E-state index in [4.69, 9.17) is 5.11 Å². The Hall–Kier alpha value is -2.16. The van der Waals surface area contributed by atoms with E-state index in [0.717, 1.165) is 11.1 Å². The highest BCUT2D eigenvalue weighted by atomic mass is 16.6. The van der Waals surface area contributed by atoms with Gasteiger partial charge in [-0.05, 0) is 13.3 Å². The van der Waals surface area contributed by atoms with E-state index in [9.17, 15) is 20.0 Å². The molecule has 2 N–H and O–H groups in total. The first-order valence-electron chi connectivity index (χ1n) is 5.70. The quantitative estimate of drug-likeness (QED) is 0.595. The molecule has 0 radical (unpaired) electrons. The lowest BCUT2D eigenvalue weighted by atomic mass is 9.89. The first-order valence-corrected chi connectivity index (χ1v) is 5.70. The Labute approximate surface area is 108 Å². The molecule has 0 aliphatic carbocycles. The molecule has 9 nitrogen and oxygen atoms in total. The lowest BCUT2D eigenvalue weighted by Gasteiger charge is -2.41. The van der Waals surface area contributed by atoms with Crippen LogP contribution in [0.25, 0.3) is 0 Å². The maximum Gasteiger partial charge on any atom is 0.407 e. The van der Waals surface area contributed by atoms with Crippen molar-refractivity contribution < 1.29 is 19.9 Å². The fourth-order valence-corrected chi connectivity index (χ4v) is 2.33. The van der Waals surface area contributed by atoms with Crippen LogP contribution in [0.1, 0.15) is 19.4 Å². The molecule has 2 heterocycles. The molecule has 19 heavy (non-hydrogen) atoms. The zero-order chi connectivity index (χ0) is 14.2. The molecule has 2 atom stereocenters. The van der Waals surface area contributed by atoms with E-state index in [0.29, 0.717) is 6.42 Å². The van der Waals surface area contributed by atoms with Crippen molar-refractivity contribution >= 4 is 11.8 Å². The van der Waals surface area contributed by atoms with Crippen LogP contribution in [-0.2, 0) is 0 Å². The summed E-state index contributed by atoms with van der Waals surface area (Å²) in [4.78, 5) is 22.0. The van der Waals surface area contributed by atoms with Gasteiger partial charge in [0, 0.05) is 6.54 Å². The minimum absolute atomic E-state index is 0.0549. The number of aliphatic hydroxyl groups is 1. The van der Waals surface area contributed by atoms with Gasteiger partial charge in [-0.25, -0.2) is 4.79 Å². The number of carboxylic acid groups (broad SMARTS) is 1. The standard InChI is InChI=1S/C10H14N4O5/c1-10(17)6-12(9(15)16)3-2-8(10)13-5-7(4-11-13)14(18)19/h4-5,8,17H,2-3,6H2,1H3,(H,15,16). The molecule has 2 unspecified atom stereocenters. The number of β-amino-alcohol motifs (C(OH)–C–C–N with tert-alkyl or cyclic N) is 1. The van der Waals surface area contributed by atoms with Crippen molar-refractivity contribution in [3.8, 4) is 0 Å². The van der Waals surface area contributed by atoms with Gasteiger partial charge >= 0.3 is 11.8 Å². The molecule has 1 amide bonds. The lowest BCUT2D eigenvalue weighted by molar-refractivity contribution is -0.385. The van der Waals surface area contributed by atoms with Crippen molar-refractivity contribution in [3.63, 3.8) is 0 Å². The van der Waals surface area contributed by atoms with Gasteiger partial charge in [-0.2, -0.15) is 5.10 Å². The molecule has 1 aromatic rings. The van der Waals surface area contributed by atoms with Gasteiger partial charge in [-0.1, -0.05) is 0 Å². The highest BCUT2D eigenvalue weighted by Crippen LogP contribution is 2.32. The van der Waals surface area contributed by atoms with Gasteiger partial charge in [-0.3, -0.25) is 14.8 Å². The van der Waals surface area contributed by atoms with Gasteiger partial charge in [0.25, 0.3) is 0 Å². The second-order valence-electron chi connectivity index (χ2n) is 4.80. The maximum atomic E-state index is 10.9. The van der Waals surface area contributed by atoms with Crippen LogP contribution in [0, 0.1) is 10.1 Å². The van der Waals surface area contributed by atoms with Gasteiger partial charge in [0.1, 0.15) is 18.0 Å². The van der Waals surface area contributed by atoms with Crippen molar-refractivity contribution in [2.75, 3.05) is 13.1 Å². The SMILES string of the molecule is CC1(O)CN(C(=O)O)CCC1n1cc([N+](=O)[O-])cn1. The third-order valence-corrected chi connectivity index (χ3v) is 3.29. The van der Waals surface area contributed by atoms with Crippen LogP contribution in [0.5, 0.6) is 0 Å². The summed E-state index contributed by atoms with van der Waals surface area (Å²) in [5.41, 5.74) is -1.48.